The molecule has 0 radical (unpaired) electrons. The van der Waals surface area contributed by atoms with E-state index in [-0.39, 0.29) is 0 Å². The highest BCUT2D eigenvalue weighted by Gasteiger charge is 2.04. The second-order valence-electron chi connectivity index (χ2n) is 3.43. The number of aryl methyl sites for hydroxylation is 1. The highest BCUT2D eigenvalue weighted by atomic mass is 35.5. The summed E-state index contributed by atoms with van der Waals surface area (Å²) in [6.45, 7) is 1.95. The van der Waals surface area contributed by atoms with Gasteiger partial charge in [0, 0.05) is 5.69 Å². The van der Waals surface area contributed by atoms with E-state index in [2.05, 4.69) is 16.1 Å². The topological polar surface area (TPSA) is 65.7 Å². The summed E-state index contributed by atoms with van der Waals surface area (Å²) in [5.74, 6) is 0. The number of hydrogen-bond acceptors (Lipinski definition) is 5. The van der Waals surface area contributed by atoms with Crippen LogP contribution in [0.3, 0.4) is 0 Å². The zero-order chi connectivity index (χ0) is 11.5. The molecule has 0 atom stereocenters. The zero-order valence-corrected chi connectivity index (χ0v) is 9.49. The van der Waals surface area contributed by atoms with E-state index in [4.69, 9.17) is 17.3 Å². The van der Waals surface area contributed by atoms with Gasteiger partial charge in [-0.3, -0.25) is 5.43 Å². The fourth-order valence-corrected chi connectivity index (χ4v) is 1.43. The summed E-state index contributed by atoms with van der Waals surface area (Å²) in [6.07, 6.45) is 3.20. The second kappa shape index (κ2) is 4.32. The zero-order valence-electron chi connectivity index (χ0n) is 8.74. The molecule has 1 aliphatic heterocycles. The first-order valence-electron chi connectivity index (χ1n) is 4.73. The fourth-order valence-electron chi connectivity index (χ4n) is 1.28. The lowest BCUT2D eigenvalue weighted by molar-refractivity contribution is 0.329. The Bertz CT molecular complexity index is 455. The van der Waals surface area contributed by atoms with Crippen LogP contribution in [0.5, 0.6) is 0 Å². The number of hydrogen-bond donors (Lipinski definition) is 3. The van der Waals surface area contributed by atoms with Gasteiger partial charge in [-0.1, -0.05) is 11.6 Å². The maximum absolute atomic E-state index is 5.80. The summed E-state index contributed by atoms with van der Waals surface area (Å²) in [4.78, 5) is 0. The normalized spacial score (nSPS) is 14.4. The summed E-state index contributed by atoms with van der Waals surface area (Å²) in [5.41, 5.74) is 14.2. The molecular weight excluding hydrogens is 226 g/mol. The average Bonchev–Trinajstić information content (AvgIpc) is 2.24. The lowest BCUT2D eigenvalue weighted by Gasteiger charge is -2.23. The van der Waals surface area contributed by atoms with Gasteiger partial charge < -0.3 is 5.73 Å². The molecule has 1 heterocycles. The predicted molar refractivity (Wildman–Crippen MR) is 66.6 cm³/mol. The second-order valence-corrected chi connectivity index (χ2v) is 3.86. The lowest BCUT2D eigenvalue weighted by Crippen LogP contribution is -2.36. The molecule has 84 valence electrons. The van der Waals surface area contributed by atoms with Crippen LogP contribution < -0.4 is 16.7 Å². The SMILES string of the molecule is Cc1cc(NN2C=C(Cl)C=NN2)ccc1N. The van der Waals surface area contributed by atoms with Crippen LogP contribution in [0.1, 0.15) is 5.56 Å². The van der Waals surface area contributed by atoms with Crippen molar-refractivity contribution in [2.24, 2.45) is 5.10 Å². The van der Waals surface area contributed by atoms with Crippen molar-refractivity contribution in [3.63, 3.8) is 0 Å². The summed E-state index contributed by atoms with van der Waals surface area (Å²) in [7, 11) is 0. The van der Waals surface area contributed by atoms with Crippen LogP contribution >= 0.6 is 11.6 Å². The summed E-state index contributed by atoms with van der Waals surface area (Å²) in [5, 5.41) is 5.94. The Labute approximate surface area is 98.5 Å². The van der Waals surface area contributed by atoms with Crippen molar-refractivity contribution in [1.29, 1.82) is 0 Å². The van der Waals surface area contributed by atoms with Crippen LogP contribution in [0.2, 0.25) is 0 Å². The monoisotopic (exact) mass is 237 g/mol. The first kappa shape index (κ1) is 10.6. The standard InChI is InChI=1S/C10H12ClN5/c1-7-4-9(2-3-10(7)12)14-16-6-8(11)5-13-15-16/h2-6,14-15H,12H2,1H3. The van der Waals surface area contributed by atoms with Gasteiger partial charge in [0.05, 0.1) is 23.1 Å². The maximum atomic E-state index is 5.80. The molecule has 6 heteroatoms. The molecular formula is C10H12ClN5. The highest BCUT2D eigenvalue weighted by molar-refractivity contribution is 6.39. The Hall–Kier alpha value is -1.88. The number of hydrazine groups is 2. The van der Waals surface area contributed by atoms with Crippen molar-refractivity contribution >= 4 is 29.2 Å². The molecule has 0 saturated carbocycles. The molecule has 0 aromatic heterocycles. The molecule has 1 aromatic carbocycles. The number of benzene rings is 1. The highest BCUT2D eigenvalue weighted by Crippen LogP contribution is 2.17. The maximum Gasteiger partial charge on any atom is 0.0807 e. The van der Waals surface area contributed by atoms with Crippen LogP contribution in [0, 0.1) is 6.92 Å². The molecule has 0 spiro atoms. The number of rotatable bonds is 2. The minimum absolute atomic E-state index is 0.540. The molecule has 0 unspecified atom stereocenters. The van der Waals surface area contributed by atoms with E-state index in [0.29, 0.717) is 5.03 Å². The number of nitrogens with one attached hydrogen (secondary N) is 2. The largest absolute Gasteiger partial charge is 0.399 e. The van der Waals surface area contributed by atoms with Gasteiger partial charge in [0.2, 0.25) is 0 Å². The van der Waals surface area contributed by atoms with Crippen LogP contribution in [0.25, 0.3) is 0 Å². The summed E-state index contributed by atoms with van der Waals surface area (Å²) < 4.78 is 0. The Kier molecular flexibility index (Phi) is 2.87. The Morgan fingerprint density at radius 3 is 3.00 bits per heavy atom. The van der Waals surface area contributed by atoms with Gasteiger partial charge in [-0.15, -0.1) is 0 Å². The van der Waals surface area contributed by atoms with Gasteiger partial charge in [0.25, 0.3) is 0 Å². The first-order valence-corrected chi connectivity index (χ1v) is 5.11. The smallest absolute Gasteiger partial charge is 0.0807 e. The van der Waals surface area contributed by atoms with Crippen molar-refractivity contribution < 1.29 is 0 Å². The van der Waals surface area contributed by atoms with Gasteiger partial charge in [-0.2, -0.15) is 15.8 Å². The number of nitrogens with two attached hydrogens (primary N) is 1. The number of allylic oxidation sites excluding steroid dienone is 1. The quantitative estimate of drug-likeness (QED) is 0.687. The number of nitrogen functional groups attached to an aromatic ring is 1. The molecule has 1 aliphatic rings. The van der Waals surface area contributed by atoms with Crippen LogP contribution in [-0.2, 0) is 0 Å². The number of nitrogens with zero attached hydrogens (tertiary/aromatic N) is 2. The predicted octanol–water partition coefficient (Wildman–Crippen LogP) is 1.79. The van der Waals surface area contributed by atoms with Crippen molar-refractivity contribution in [3.05, 3.63) is 35.0 Å². The summed E-state index contributed by atoms with van der Waals surface area (Å²) in [6, 6.07) is 5.66. The molecule has 1 aromatic rings. The average molecular weight is 238 g/mol. The van der Waals surface area contributed by atoms with Crippen molar-refractivity contribution in [1.82, 2.24) is 10.7 Å². The van der Waals surface area contributed by atoms with Gasteiger partial charge in [-0.05, 0) is 30.7 Å². The van der Waals surface area contributed by atoms with E-state index in [0.717, 1.165) is 16.9 Å². The molecule has 0 fully saturated rings. The molecule has 5 nitrogen and oxygen atoms in total. The van der Waals surface area contributed by atoms with E-state index >= 15 is 0 Å². The van der Waals surface area contributed by atoms with Crippen LogP contribution in [-0.4, -0.2) is 11.3 Å². The molecule has 0 amide bonds. The molecule has 16 heavy (non-hydrogen) atoms. The third kappa shape index (κ3) is 2.38. The Morgan fingerprint density at radius 2 is 2.31 bits per heavy atom. The fraction of sp³-hybridized carbons (Fsp3) is 0.100. The molecule has 2 rings (SSSR count). The van der Waals surface area contributed by atoms with E-state index in [9.17, 15) is 0 Å². The molecule has 0 bridgehead atoms. The van der Waals surface area contributed by atoms with Gasteiger partial charge >= 0.3 is 0 Å². The van der Waals surface area contributed by atoms with Crippen LogP contribution in [0.15, 0.2) is 34.5 Å². The van der Waals surface area contributed by atoms with Crippen molar-refractivity contribution in [2.45, 2.75) is 6.92 Å². The Morgan fingerprint density at radius 1 is 1.50 bits per heavy atom. The third-order valence-corrected chi connectivity index (χ3v) is 2.32. The lowest BCUT2D eigenvalue weighted by atomic mass is 10.2. The van der Waals surface area contributed by atoms with Gasteiger partial charge in [0.15, 0.2) is 0 Å². The Balaban J connectivity index is 2.10. The summed E-state index contributed by atoms with van der Waals surface area (Å²) >= 11 is 5.80. The number of hydrazone groups is 1. The molecule has 0 saturated heterocycles. The van der Waals surface area contributed by atoms with Gasteiger partial charge in [0.1, 0.15) is 0 Å². The number of anilines is 2. The minimum atomic E-state index is 0.540. The number of halogens is 1. The van der Waals surface area contributed by atoms with Crippen molar-refractivity contribution in [2.75, 3.05) is 11.2 Å². The first-order chi connectivity index (χ1) is 7.65. The van der Waals surface area contributed by atoms with E-state index < -0.39 is 0 Å². The van der Waals surface area contributed by atoms with E-state index in [1.165, 1.54) is 6.21 Å². The van der Waals surface area contributed by atoms with Crippen LogP contribution in [0.4, 0.5) is 11.4 Å². The van der Waals surface area contributed by atoms with E-state index in [1.54, 1.807) is 11.3 Å². The van der Waals surface area contributed by atoms with Crippen molar-refractivity contribution in [3.8, 4) is 0 Å². The molecule has 4 N–H and O–H groups in total. The third-order valence-electron chi connectivity index (χ3n) is 2.13. The van der Waals surface area contributed by atoms with E-state index in [1.807, 2.05) is 25.1 Å². The van der Waals surface area contributed by atoms with Gasteiger partial charge in [-0.25, -0.2) is 0 Å². The molecule has 0 aliphatic carbocycles. The minimum Gasteiger partial charge on any atom is -0.399 e.